The summed E-state index contributed by atoms with van der Waals surface area (Å²) < 4.78 is 1.12. The van der Waals surface area contributed by atoms with Crippen molar-refractivity contribution >= 4 is 33.4 Å². The minimum Gasteiger partial charge on any atom is -0.392 e. The number of aliphatic hydroxyl groups excluding tert-OH is 1. The molecule has 2 rings (SSSR count). The molecule has 0 spiro atoms. The summed E-state index contributed by atoms with van der Waals surface area (Å²) in [5.74, 6) is 0. The Labute approximate surface area is 90.5 Å². The monoisotopic (exact) mass is 284 g/mol. The van der Waals surface area contributed by atoms with Crippen molar-refractivity contribution in [1.82, 2.24) is 0 Å². The van der Waals surface area contributed by atoms with Crippen LogP contribution in [-0.4, -0.2) is 5.11 Å². The van der Waals surface area contributed by atoms with Gasteiger partial charge in [-0.3, -0.25) is 0 Å². The molecular weight excluding hydrogens is 275 g/mol. The zero-order chi connectivity index (χ0) is 9.26. The second-order valence-electron chi connectivity index (χ2n) is 2.95. The fourth-order valence-corrected chi connectivity index (χ4v) is 2.04. The van der Waals surface area contributed by atoms with Gasteiger partial charge in [0.2, 0.25) is 0 Å². The van der Waals surface area contributed by atoms with Gasteiger partial charge < -0.3 is 5.11 Å². The van der Waals surface area contributed by atoms with Crippen molar-refractivity contribution in [3.8, 4) is 0 Å². The van der Waals surface area contributed by atoms with Crippen molar-refractivity contribution in [3.63, 3.8) is 0 Å². The molecule has 0 amide bonds. The molecule has 0 aliphatic carbocycles. The lowest BCUT2D eigenvalue weighted by Crippen LogP contribution is -1.88. The van der Waals surface area contributed by atoms with E-state index in [2.05, 4.69) is 40.8 Å². The smallest absolute Gasteiger partial charge is 0.0692 e. The number of aliphatic hydroxyl groups is 1. The fourth-order valence-electron chi connectivity index (χ4n) is 1.38. The first-order valence-corrected chi connectivity index (χ1v) is 5.17. The second-order valence-corrected chi connectivity index (χ2v) is 4.11. The van der Waals surface area contributed by atoms with E-state index in [1.807, 2.05) is 18.2 Å². The third-order valence-corrected chi connectivity index (χ3v) is 3.09. The van der Waals surface area contributed by atoms with Crippen molar-refractivity contribution in [2.24, 2.45) is 0 Å². The van der Waals surface area contributed by atoms with E-state index in [0.717, 1.165) is 9.13 Å². The van der Waals surface area contributed by atoms with E-state index in [-0.39, 0.29) is 6.61 Å². The predicted octanol–water partition coefficient (Wildman–Crippen LogP) is 2.94. The Morgan fingerprint density at radius 3 is 2.31 bits per heavy atom. The Bertz CT molecular complexity index is 437. The van der Waals surface area contributed by atoms with Gasteiger partial charge in [0, 0.05) is 3.57 Å². The van der Waals surface area contributed by atoms with Crippen LogP contribution in [0.5, 0.6) is 0 Å². The van der Waals surface area contributed by atoms with Gasteiger partial charge in [0.05, 0.1) is 6.61 Å². The summed E-state index contributed by atoms with van der Waals surface area (Å²) >= 11 is 2.25. The molecule has 1 nitrogen and oxygen atoms in total. The van der Waals surface area contributed by atoms with Crippen LogP contribution >= 0.6 is 22.6 Å². The summed E-state index contributed by atoms with van der Waals surface area (Å²) in [6.07, 6.45) is 0. The highest BCUT2D eigenvalue weighted by Crippen LogP contribution is 2.21. The molecule has 13 heavy (non-hydrogen) atoms. The zero-order valence-corrected chi connectivity index (χ0v) is 9.15. The molecule has 0 saturated carbocycles. The maximum absolute atomic E-state index is 9.07. The Balaban J connectivity index is 2.74. The van der Waals surface area contributed by atoms with Gasteiger partial charge in [-0.05, 0) is 51.1 Å². The van der Waals surface area contributed by atoms with Crippen LogP contribution in [0.2, 0.25) is 0 Å². The first kappa shape index (κ1) is 8.97. The van der Waals surface area contributed by atoms with Crippen LogP contribution < -0.4 is 0 Å². The molecule has 0 heterocycles. The number of rotatable bonds is 1. The van der Waals surface area contributed by atoms with E-state index in [0.29, 0.717) is 0 Å². The van der Waals surface area contributed by atoms with E-state index < -0.39 is 0 Å². The molecule has 2 aromatic carbocycles. The molecule has 0 aliphatic heterocycles. The van der Waals surface area contributed by atoms with E-state index in [1.54, 1.807) is 0 Å². The molecule has 2 aromatic rings. The first-order chi connectivity index (χ1) is 6.31. The van der Waals surface area contributed by atoms with Gasteiger partial charge in [-0.15, -0.1) is 0 Å². The summed E-state index contributed by atoms with van der Waals surface area (Å²) in [5, 5.41) is 11.5. The standard InChI is InChI=1S/C11H9IO/c12-11-6-9-4-2-1-3-8(9)5-10(11)7-13/h1-6,13H,7H2. The highest BCUT2D eigenvalue weighted by Gasteiger charge is 2.00. The van der Waals surface area contributed by atoms with Gasteiger partial charge in [0.1, 0.15) is 0 Å². The summed E-state index contributed by atoms with van der Waals surface area (Å²) in [6.45, 7) is 0.114. The van der Waals surface area contributed by atoms with Gasteiger partial charge in [-0.1, -0.05) is 24.3 Å². The molecule has 0 atom stereocenters. The van der Waals surface area contributed by atoms with Crippen molar-refractivity contribution < 1.29 is 5.11 Å². The summed E-state index contributed by atoms with van der Waals surface area (Å²) in [6, 6.07) is 12.3. The van der Waals surface area contributed by atoms with E-state index >= 15 is 0 Å². The minimum atomic E-state index is 0.114. The number of fused-ring (bicyclic) bond motifs is 1. The maximum Gasteiger partial charge on any atom is 0.0692 e. The molecular formula is C11H9IO. The van der Waals surface area contributed by atoms with Crippen LogP contribution in [0.15, 0.2) is 36.4 Å². The third-order valence-electron chi connectivity index (χ3n) is 2.09. The second kappa shape index (κ2) is 3.64. The van der Waals surface area contributed by atoms with E-state index in [4.69, 9.17) is 5.11 Å². The topological polar surface area (TPSA) is 20.2 Å². The lowest BCUT2D eigenvalue weighted by atomic mass is 10.1. The van der Waals surface area contributed by atoms with Crippen LogP contribution in [0.25, 0.3) is 10.8 Å². The highest BCUT2D eigenvalue weighted by atomic mass is 127. The SMILES string of the molecule is OCc1cc2ccccc2cc1I. The molecule has 0 radical (unpaired) electrons. The molecule has 0 aliphatic rings. The third kappa shape index (κ3) is 1.69. The van der Waals surface area contributed by atoms with Gasteiger partial charge in [0.15, 0.2) is 0 Å². The van der Waals surface area contributed by atoms with Crippen molar-refractivity contribution in [2.45, 2.75) is 6.61 Å². The molecule has 0 aromatic heterocycles. The zero-order valence-electron chi connectivity index (χ0n) is 7.00. The minimum absolute atomic E-state index is 0.114. The fraction of sp³-hybridized carbons (Fsp3) is 0.0909. The molecule has 0 unspecified atom stereocenters. The van der Waals surface area contributed by atoms with Crippen molar-refractivity contribution in [1.29, 1.82) is 0 Å². The molecule has 66 valence electrons. The average molecular weight is 284 g/mol. The van der Waals surface area contributed by atoms with Crippen LogP contribution in [0, 0.1) is 3.57 Å². The summed E-state index contributed by atoms with van der Waals surface area (Å²) in [5.41, 5.74) is 0.999. The van der Waals surface area contributed by atoms with Crippen LogP contribution in [0.3, 0.4) is 0 Å². The van der Waals surface area contributed by atoms with Crippen LogP contribution in [0.1, 0.15) is 5.56 Å². The van der Waals surface area contributed by atoms with Gasteiger partial charge in [0.25, 0.3) is 0 Å². The van der Waals surface area contributed by atoms with E-state index in [9.17, 15) is 0 Å². The molecule has 1 N–H and O–H groups in total. The van der Waals surface area contributed by atoms with Crippen LogP contribution in [-0.2, 0) is 6.61 Å². The quantitative estimate of drug-likeness (QED) is 0.798. The molecule has 0 saturated heterocycles. The Morgan fingerprint density at radius 1 is 1.08 bits per heavy atom. The number of hydrogen-bond donors (Lipinski definition) is 1. The lowest BCUT2D eigenvalue weighted by molar-refractivity contribution is 0.281. The van der Waals surface area contributed by atoms with Gasteiger partial charge in [-0.2, -0.15) is 0 Å². The van der Waals surface area contributed by atoms with Gasteiger partial charge in [-0.25, -0.2) is 0 Å². The molecule has 0 fully saturated rings. The van der Waals surface area contributed by atoms with Crippen molar-refractivity contribution in [2.75, 3.05) is 0 Å². The lowest BCUT2D eigenvalue weighted by Gasteiger charge is -2.03. The summed E-state index contributed by atoms with van der Waals surface area (Å²) in [7, 11) is 0. The maximum atomic E-state index is 9.07. The molecule has 0 bridgehead atoms. The largest absolute Gasteiger partial charge is 0.392 e. The average Bonchev–Trinajstić information content (AvgIpc) is 2.17. The van der Waals surface area contributed by atoms with E-state index in [1.165, 1.54) is 10.8 Å². The van der Waals surface area contributed by atoms with Crippen molar-refractivity contribution in [3.05, 3.63) is 45.5 Å². The normalized spacial score (nSPS) is 10.6. The first-order valence-electron chi connectivity index (χ1n) is 4.09. The number of halogens is 1. The summed E-state index contributed by atoms with van der Waals surface area (Å²) in [4.78, 5) is 0. The Hall–Kier alpha value is -0.610. The molecule has 2 heteroatoms. The Morgan fingerprint density at radius 2 is 1.69 bits per heavy atom. The van der Waals surface area contributed by atoms with Gasteiger partial charge >= 0.3 is 0 Å². The number of benzene rings is 2. The predicted molar refractivity (Wildman–Crippen MR) is 62.6 cm³/mol. The Kier molecular flexibility index (Phi) is 2.51. The highest BCUT2D eigenvalue weighted by molar-refractivity contribution is 14.1. The number of hydrogen-bond acceptors (Lipinski definition) is 1. The van der Waals surface area contributed by atoms with Crippen LogP contribution in [0.4, 0.5) is 0 Å².